The first-order valence-corrected chi connectivity index (χ1v) is 6.47. The van der Waals surface area contributed by atoms with Crippen molar-refractivity contribution >= 4 is 28.2 Å². The van der Waals surface area contributed by atoms with E-state index in [1.165, 1.54) is 0 Å². The summed E-state index contributed by atoms with van der Waals surface area (Å²) in [5.41, 5.74) is 3.98. The highest BCUT2D eigenvalue weighted by Gasteiger charge is 2.17. The molecular weight excluding hydrogens is 240 g/mol. The maximum Gasteiger partial charge on any atom is 0.138 e. The number of aldehydes is 1. The normalized spacial score (nSPS) is 11.5. The Hall–Kier alpha value is -2.03. The van der Waals surface area contributed by atoms with Crippen molar-refractivity contribution in [1.82, 2.24) is 0 Å². The number of carbonyl (C=O) groups is 1. The number of fused-ring (bicyclic) bond motifs is 2. The molecule has 0 saturated carbocycles. The summed E-state index contributed by atoms with van der Waals surface area (Å²) in [6.07, 6.45) is 2.13. The van der Waals surface area contributed by atoms with Gasteiger partial charge in [-0.15, -0.1) is 0 Å². The van der Waals surface area contributed by atoms with E-state index in [0.717, 1.165) is 50.9 Å². The second kappa shape index (κ2) is 4.26. The lowest BCUT2D eigenvalue weighted by molar-refractivity contribution is -0.107. The maximum atomic E-state index is 10.7. The molecule has 0 spiro atoms. The van der Waals surface area contributed by atoms with Crippen molar-refractivity contribution < 1.29 is 13.6 Å². The Morgan fingerprint density at radius 2 is 1.63 bits per heavy atom. The van der Waals surface area contributed by atoms with E-state index in [4.69, 9.17) is 8.83 Å². The average molecular weight is 256 g/mol. The van der Waals surface area contributed by atoms with E-state index in [1.807, 2.05) is 32.9 Å². The van der Waals surface area contributed by atoms with Crippen molar-refractivity contribution in [3.8, 4) is 0 Å². The van der Waals surface area contributed by atoms with Crippen LogP contribution in [-0.4, -0.2) is 6.29 Å². The fourth-order valence-electron chi connectivity index (χ4n) is 2.73. The molecule has 0 radical (unpaired) electrons. The molecule has 3 rings (SSSR count). The highest BCUT2D eigenvalue weighted by atomic mass is 16.3. The molecule has 3 nitrogen and oxygen atoms in total. The fourth-order valence-corrected chi connectivity index (χ4v) is 2.73. The van der Waals surface area contributed by atoms with Crippen molar-refractivity contribution in [1.29, 1.82) is 0 Å². The molecule has 0 amide bonds. The van der Waals surface area contributed by atoms with Crippen LogP contribution < -0.4 is 0 Å². The second-order valence-electron chi connectivity index (χ2n) is 5.01. The predicted octanol–water partition coefficient (Wildman–Crippen LogP) is 4.24. The summed E-state index contributed by atoms with van der Waals surface area (Å²) >= 11 is 0. The predicted molar refractivity (Wildman–Crippen MR) is 74.6 cm³/mol. The molecule has 0 aliphatic carbocycles. The third-order valence-corrected chi connectivity index (χ3v) is 3.57. The summed E-state index contributed by atoms with van der Waals surface area (Å²) in [7, 11) is 0. The molecule has 0 aliphatic rings. The van der Waals surface area contributed by atoms with E-state index in [9.17, 15) is 4.79 Å². The standard InChI is InChI=1S/C16H16O3/c1-9-7-13-11(3)15-14(8-10(2)18-15)12(5-4-6-17)16(13)19-9/h6-8H,4-5H2,1-3H3. The van der Waals surface area contributed by atoms with Gasteiger partial charge < -0.3 is 13.6 Å². The molecule has 0 fully saturated rings. The Morgan fingerprint density at radius 1 is 1.00 bits per heavy atom. The molecule has 19 heavy (non-hydrogen) atoms. The van der Waals surface area contributed by atoms with E-state index in [1.54, 1.807) is 0 Å². The zero-order chi connectivity index (χ0) is 13.6. The number of hydrogen-bond acceptors (Lipinski definition) is 3. The lowest BCUT2D eigenvalue weighted by Crippen LogP contribution is -1.90. The SMILES string of the molecule is Cc1cc2c(CCC=O)c3oc(C)cc3c(C)c2o1. The molecule has 0 aliphatic heterocycles. The summed E-state index contributed by atoms with van der Waals surface area (Å²) in [5, 5.41) is 2.15. The first kappa shape index (κ1) is 12.0. The van der Waals surface area contributed by atoms with Gasteiger partial charge in [0.15, 0.2) is 0 Å². The Labute approximate surface area is 111 Å². The first-order valence-electron chi connectivity index (χ1n) is 6.47. The van der Waals surface area contributed by atoms with Gasteiger partial charge in [-0.25, -0.2) is 0 Å². The molecule has 2 aromatic heterocycles. The average Bonchev–Trinajstić information content (AvgIpc) is 2.93. The van der Waals surface area contributed by atoms with Crippen LogP contribution in [0, 0.1) is 20.8 Å². The van der Waals surface area contributed by atoms with Crippen molar-refractivity contribution in [3.63, 3.8) is 0 Å². The maximum absolute atomic E-state index is 10.7. The third kappa shape index (κ3) is 1.77. The van der Waals surface area contributed by atoms with Crippen LogP contribution in [0.4, 0.5) is 0 Å². The van der Waals surface area contributed by atoms with E-state index in [2.05, 4.69) is 0 Å². The minimum Gasteiger partial charge on any atom is -0.461 e. The molecule has 1 aromatic carbocycles. The van der Waals surface area contributed by atoms with Crippen LogP contribution >= 0.6 is 0 Å². The molecular formula is C16H16O3. The topological polar surface area (TPSA) is 43.4 Å². The van der Waals surface area contributed by atoms with Crippen molar-refractivity contribution in [2.75, 3.05) is 0 Å². The monoisotopic (exact) mass is 256 g/mol. The Bertz CT molecular complexity index is 717. The quantitative estimate of drug-likeness (QED) is 0.658. The first-order chi connectivity index (χ1) is 9.11. The van der Waals surface area contributed by atoms with Gasteiger partial charge in [-0.1, -0.05) is 0 Å². The lowest BCUT2D eigenvalue weighted by Gasteiger charge is -2.05. The van der Waals surface area contributed by atoms with Crippen LogP contribution in [0.25, 0.3) is 21.9 Å². The number of furan rings is 2. The van der Waals surface area contributed by atoms with Gasteiger partial charge >= 0.3 is 0 Å². The van der Waals surface area contributed by atoms with Gasteiger partial charge in [0.2, 0.25) is 0 Å². The van der Waals surface area contributed by atoms with Crippen LogP contribution in [0.3, 0.4) is 0 Å². The lowest BCUT2D eigenvalue weighted by atomic mass is 9.99. The zero-order valence-electron chi connectivity index (χ0n) is 11.4. The van der Waals surface area contributed by atoms with Crippen molar-refractivity contribution in [3.05, 3.63) is 34.8 Å². The minimum atomic E-state index is 0.497. The van der Waals surface area contributed by atoms with E-state index in [0.29, 0.717) is 12.8 Å². The molecule has 0 N–H and O–H groups in total. The molecule has 0 bridgehead atoms. The molecule has 0 unspecified atom stereocenters. The highest BCUT2D eigenvalue weighted by Crippen LogP contribution is 2.36. The number of rotatable bonds is 3. The molecule has 2 heterocycles. The van der Waals surface area contributed by atoms with Crippen LogP contribution in [0.5, 0.6) is 0 Å². The number of aryl methyl sites for hydroxylation is 4. The van der Waals surface area contributed by atoms with Gasteiger partial charge in [-0.05, 0) is 39.3 Å². The summed E-state index contributed by atoms with van der Waals surface area (Å²) in [6, 6.07) is 4.06. The summed E-state index contributed by atoms with van der Waals surface area (Å²) in [4.78, 5) is 10.7. The van der Waals surface area contributed by atoms with Gasteiger partial charge in [-0.3, -0.25) is 0 Å². The third-order valence-electron chi connectivity index (χ3n) is 3.57. The largest absolute Gasteiger partial charge is 0.461 e. The van der Waals surface area contributed by atoms with E-state index < -0.39 is 0 Å². The van der Waals surface area contributed by atoms with Gasteiger partial charge in [0.1, 0.15) is 29.0 Å². The van der Waals surface area contributed by atoms with Gasteiger partial charge in [-0.2, -0.15) is 0 Å². The summed E-state index contributed by atoms with van der Waals surface area (Å²) in [5.74, 6) is 1.77. The molecule has 98 valence electrons. The number of hydrogen-bond donors (Lipinski definition) is 0. The zero-order valence-corrected chi connectivity index (χ0v) is 11.4. The number of benzene rings is 1. The van der Waals surface area contributed by atoms with E-state index in [-0.39, 0.29) is 0 Å². The molecule has 0 saturated heterocycles. The van der Waals surface area contributed by atoms with Gasteiger partial charge in [0.25, 0.3) is 0 Å². The number of carbonyl (C=O) groups excluding carboxylic acids is 1. The Kier molecular flexibility index (Phi) is 2.70. The second-order valence-corrected chi connectivity index (χ2v) is 5.01. The van der Waals surface area contributed by atoms with Gasteiger partial charge in [0, 0.05) is 28.3 Å². The Morgan fingerprint density at radius 3 is 2.32 bits per heavy atom. The summed E-state index contributed by atoms with van der Waals surface area (Å²) in [6.45, 7) is 5.93. The van der Waals surface area contributed by atoms with Crippen LogP contribution in [-0.2, 0) is 11.2 Å². The molecule has 3 aromatic rings. The minimum absolute atomic E-state index is 0.497. The smallest absolute Gasteiger partial charge is 0.138 e. The highest BCUT2D eigenvalue weighted by molar-refractivity contribution is 6.01. The van der Waals surface area contributed by atoms with E-state index >= 15 is 0 Å². The molecule has 0 atom stereocenters. The van der Waals surface area contributed by atoms with Crippen LogP contribution in [0.2, 0.25) is 0 Å². The van der Waals surface area contributed by atoms with Crippen LogP contribution in [0.15, 0.2) is 21.0 Å². The van der Waals surface area contributed by atoms with Gasteiger partial charge in [0.05, 0.1) is 0 Å². The summed E-state index contributed by atoms with van der Waals surface area (Å²) < 4.78 is 11.6. The molecule has 3 heteroatoms. The van der Waals surface area contributed by atoms with Crippen molar-refractivity contribution in [2.24, 2.45) is 0 Å². The van der Waals surface area contributed by atoms with Crippen LogP contribution in [0.1, 0.15) is 29.1 Å². The fraction of sp³-hybridized carbons (Fsp3) is 0.312. The van der Waals surface area contributed by atoms with Crippen molar-refractivity contribution in [2.45, 2.75) is 33.6 Å². The Balaban J connectivity index is 2.43.